The fourth-order valence-corrected chi connectivity index (χ4v) is 5.25. The van der Waals surface area contributed by atoms with Crippen LogP contribution in [0.15, 0.2) is 82.4 Å². The first-order chi connectivity index (χ1) is 15.2. The van der Waals surface area contributed by atoms with Gasteiger partial charge in [0, 0.05) is 41.5 Å². The molecule has 0 bridgehead atoms. The van der Waals surface area contributed by atoms with Gasteiger partial charge in [0.05, 0.1) is 0 Å². The largest absolute Gasteiger partial charge is 0.490 e. The number of nitrogens with zero attached hydrogens (tertiary/aromatic N) is 2. The Morgan fingerprint density at radius 1 is 1.13 bits per heavy atom. The first-order valence-corrected chi connectivity index (χ1v) is 12.4. The Hall–Kier alpha value is -2.17. The molecule has 4 rings (SSSR count). The molecule has 31 heavy (non-hydrogen) atoms. The van der Waals surface area contributed by atoms with Gasteiger partial charge in [0.2, 0.25) is 0 Å². The van der Waals surface area contributed by atoms with Gasteiger partial charge in [-0.25, -0.2) is 0 Å². The summed E-state index contributed by atoms with van der Waals surface area (Å²) in [5.41, 5.74) is 3.99. The van der Waals surface area contributed by atoms with Crippen LogP contribution in [0.1, 0.15) is 45.4 Å². The van der Waals surface area contributed by atoms with E-state index < -0.39 is 0 Å². The molecule has 3 aliphatic rings. The third-order valence-corrected chi connectivity index (χ3v) is 7.09. The van der Waals surface area contributed by atoms with Gasteiger partial charge in [-0.15, -0.1) is 0 Å². The number of benzene rings is 1. The molecule has 0 spiro atoms. The van der Waals surface area contributed by atoms with Crippen molar-refractivity contribution in [3.05, 3.63) is 82.4 Å². The zero-order valence-corrected chi connectivity index (χ0v) is 19.6. The monoisotopic (exact) mass is 434 g/mol. The summed E-state index contributed by atoms with van der Waals surface area (Å²) in [6.07, 6.45) is 20.1. The average molecular weight is 435 g/mol. The van der Waals surface area contributed by atoms with Crippen LogP contribution in [0.5, 0.6) is 5.75 Å². The summed E-state index contributed by atoms with van der Waals surface area (Å²) in [6.45, 7) is 4.33. The Bertz CT molecular complexity index is 886. The van der Waals surface area contributed by atoms with Crippen molar-refractivity contribution in [1.82, 2.24) is 4.90 Å². The quantitative estimate of drug-likeness (QED) is 0.338. The van der Waals surface area contributed by atoms with Crippen molar-refractivity contribution in [3.63, 3.8) is 0 Å². The minimum absolute atomic E-state index is 0.335. The molecule has 0 amide bonds. The maximum absolute atomic E-state index is 6.29. The van der Waals surface area contributed by atoms with Crippen LogP contribution in [-0.4, -0.2) is 31.1 Å². The van der Waals surface area contributed by atoms with E-state index in [4.69, 9.17) is 4.74 Å². The lowest BCUT2D eigenvalue weighted by atomic mass is 10.1. The Morgan fingerprint density at radius 3 is 2.71 bits per heavy atom. The lowest BCUT2D eigenvalue weighted by molar-refractivity contribution is 0.114. The molecule has 1 aromatic rings. The second-order valence-electron chi connectivity index (χ2n) is 8.44. The molecular weight excluding hydrogens is 400 g/mol. The number of anilines is 1. The summed E-state index contributed by atoms with van der Waals surface area (Å²) in [5, 5.41) is 2.34. The molecule has 2 heterocycles. The molecule has 164 valence electrons. The van der Waals surface area contributed by atoms with Gasteiger partial charge in [0.15, 0.2) is 0 Å². The summed E-state index contributed by atoms with van der Waals surface area (Å²) >= 11 is 1.86. The zero-order valence-electron chi connectivity index (χ0n) is 18.8. The van der Waals surface area contributed by atoms with Gasteiger partial charge in [-0.3, -0.25) is 0 Å². The molecule has 1 aromatic carbocycles. The van der Waals surface area contributed by atoms with Gasteiger partial charge < -0.3 is 14.5 Å². The number of piperidine rings is 1. The Kier molecular flexibility index (Phi) is 7.76. The topological polar surface area (TPSA) is 15.7 Å². The molecule has 0 saturated carbocycles. The van der Waals surface area contributed by atoms with Crippen LogP contribution >= 0.6 is 11.8 Å². The van der Waals surface area contributed by atoms with Gasteiger partial charge >= 0.3 is 0 Å². The van der Waals surface area contributed by atoms with E-state index in [1.165, 1.54) is 28.4 Å². The number of hydrogen-bond acceptors (Lipinski definition) is 4. The van der Waals surface area contributed by atoms with Crippen LogP contribution in [0.25, 0.3) is 0 Å². The molecule has 4 heteroatoms. The zero-order chi connectivity index (χ0) is 21.5. The van der Waals surface area contributed by atoms with E-state index in [0.29, 0.717) is 6.10 Å². The van der Waals surface area contributed by atoms with Crippen LogP contribution in [0, 0.1) is 0 Å². The molecule has 0 radical (unpaired) electrons. The maximum Gasteiger partial charge on any atom is 0.119 e. The summed E-state index contributed by atoms with van der Waals surface area (Å²) in [6, 6.07) is 8.75. The van der Waals surface area contributed by atoms with Crippen molar-refractivity contribution in [1.29, 1.82) is 0 Å². The summed E-state index contributed by atoms with van der Waals surface area (Å²) < 4.78 is 6.29. The second-order valence-corrected chi connectivity index (χ2v) is 9.35. The normalized spacial score (nSPS) is 20.2. The number of hydrogen-bond donors (Lipinski definition) is 0. The lowest BCUT2D eigenvalue weighted by Crippen LogP contribution is -2.35. The molecule has 1 saturated heterocycles. The number of unbranched alkanes of at least 4 members (excludes halogenated alkanes) is 1. The molecule has 0 aromatic heterocycles. The highest BCUT2D eigenvalue weighted by Crippen LogP contribution is 2.41. The van der Waals surface area contributed by atoms with Gasteiger partial charge in [0.1, 0.15) is 11.9 Å². The summed E-state index contributed by atoms with van der Waals surface area (Å²) in [7, 11) is 2.19. The van der Waals surface area contributed by atoms with Gasteiger partial charge in [0.25, 0.3) is 0 Å². The molecule has 0 N–H and O–H groups in total. The smallest absolute Gasteiger partial charge is 0.119 e. The van der Waals surface area contributed by atoms with Crippen molar-refractivity contribution in [2.75, 3.05) is 25.0 Å². The number of ether oxygens (including phenoxy) is 1. The summed E-state index contributed by atoms with van der Waals surface area (Å²) in [4.78, 5) is 6.19. The highest BCUT2D eigenvalue weighted by atomic mass is 32.2. The van der Waals surface area contributed by atoms with E-state index >= 15 is 0 Å². The fourth-order valence-electron chi connectivity index (χ4n) is 4.29. The van der Waals surface area contributed by atoms with E-state index in [-0.39, 0.29) is 0 Å². The fraction of sp³-hybridized carbons (Fsp3) is 0.407. The van der Waals surface area contributed by atoms with Crippen molar-refractivity contribution in [3.8, 4) is 5.75 Å². The second kappa shape index (κ2) is 10.9. The third-order valence-electron chi connectivity index (χ3n) is 6.07. The lowest BCUT2D eigenvalue weighted by Gasteiger charge is -2.34. The Morgan fingerprint density at radius 2 is 1.94 bits per heavy atom. The van der Waals surface area contributed by atoms with Crippen molar-refractivity contribution < 1.29 is 4.74 Å². The molecular formula is C27H34N2OS. The van der Waals surface area contributed by atoms with Gasteiger partial charge in [-0.05, 0) is 81.8 Å². The van der Waals surface area contributed by atoms with E-state index in [2.05, 4.69) is 89.9 Å². The van der Waals surface area contributed by atoms with E-state index in [9.17, 15) is 0 Å². The molecule has 0 atom stereocenters. The molecule has 1 fully saturated rings. The van der Waals surface area contributed by atoms with Crippen molar-refractivity contribution in [2.24, 2.45) is 0 Å². The third kappa shape index (κ3) is 5.75. The first-order valence-electron chi connectivity index (χ1n) is 11.5. The average Bonchev–Trinajstić information content (AvgIpc) is 3.04. The molecule has 0 unspecified atom stereocenters. The SMILES string of the molecule is CC=CCCCC1=CSC2=C(CC=CC=C2)N1c1ccc(OC2CCN(C)CC2)cc1. The minimum atomic E-state index is 0.335. The predicted octanol–water partition coefficient (Wildman–Crippen LogP) is 7.03. The highest BCUT2D eigenvalue weighted by molar-refractivity contribution is 8.06. The number of thioether (sulfide) groups is 1. The molecule has 1 aliphatic carbocycles. The van der Waals surface area contributed by atoms with Crippen LogP contribution in [-0.2, 0) is 0 Å². The maximum atomic E-state index is 6.29. The van der Waals surface area contributed by atoms with Crippen LogP contribution in [0.3, 0.4) is 0 Å². The number of likely N-dealkylation sites (tertiary alicyclic amines) is 1. The van der Waals surface area contributed by atoms with E-state index in [1.54, 1.807) is 0 Å². The van der Waals surface area contributed by atoms with Crippen molar-refractivity contribution in [2.45, 2.75) is 51.6 Å². The highest BCUT2D eigenvalue weighted by Gasteiger charge is 2.24. The standard InChI is InChI=1S/C27H34N2OS/c1-3-4-5-7-10-23-21-31-27-12-9-6-8-11-26(27)29(23)22-13-15-24(16-14-22)30-25-17-19-28(2)20-18-25/h3-4,6,8-9,12-16,21,25H,5,7,10-11,17-20H2,1-2H3. The van der Waals surface area contributed by atoms with Crippen LogP contribution < -0.4 is 9.64 Å². The predicted molar refractivity (Wildman–Crippen MR) is 134 cm³/mol. The first kappa shape index (κ1) is 22.0. The van der Waals surface area contributed by atoms with Gasteiger partial charge in [-0.2, -0.15) is 0 Å². The summed E-state index contributed by atoms with van der Waals surface area (Å²) in [5.74, 6) is 0.984. The van der Waals surface area contributed by atoms with Gasteiger partial charge in [-0.1, -0.05) is 42.1 Å². The van der Waals surface area contributed by atoms with Crippen molar-refractivity contribution >= 4 is 17.4 Å². The Balaban J connectivity index is 1.51. The number of rotatable bonds is 7. The minimum Gasteiger partial charge on any atom is -0.490 e. The Labute approximate surface area is 191 Å². The molecule has 2 aliphatic heterocycles. The van der Waals surface area contributed by atoms with E-state index in [1.807, 2.05) is 11.8 Å². The molecule has 3 nitrogen and oxygen atoms in total. The van der Waals surface area contributed by atoms with Crippen LogP contribution in [0.2, 0.25) is 0 Å². The van der Waals surface area contributed by atoms with Crippen LogP contribution in [0.4, 0.5) is 5.69 Å². The van der Waals surface area contributed by atoms with E-state index in [0.717, 1.165) is 50.9 Å². The number of allylic oxidation sites excluding steroid dienone is 7.